The molecule has 0 aromatic carbocycles. The molecule has 0 aliphatic carbocycles. The zero-order valence-electron chi connectivity index (χ0n) is 12.3. The third-order valence-corrected chi connectivity index (χ3v) is 5.52. The maximum atomic E-state index is 11.6. The Balaban J connectivity index is 2.31. The highest BCUT2D eigenvalue weighted by atomic mass is 32.2. The molecular formula is C13H22N4O2S. The van der Waals surface area contributed by atoms with Crippen LogP contribution < -0.4 is 10.6 Å². The molecule has 1 aliphatic rings. The van der Waals surface area contributed by atoms with Crippen LogP contribution in [0.15, 0.2) is 0 Å². The predicted octanol–water partition coefficient (Wildman–Crippen LogP) is 0.943. The number of aryl methyl sites for hydroxylation is 1. The van der Waals surface area contributed by atoms with Crippen molar-refractivity contribution < 1.29 is 8.42 Å². The number of hydrogen-bond donors (Lipinski definition) is 1. The summed E-state index contributed by atoms with van der Waals surface area (Å²) in [6.45, 7) is 3.94. The molecule has 0 saturated carbocycles. The van der Waals surface area contributed by atoms with Crippen molar-refractivity contribution in [2.75, 3.05) is 29.2 Å². The summed E-state index contributed by atoms with van der Waals surface area (Å²) in [6, 6.07) is -0.0255. The Morgan fingerprint density at radius 2 is 2.10 bits per heavy atom. The van der Waals surface area contributed by atoms with E-state index in [9.17, 15) is 8.42 Å². The minimum Gasteiger partial charge on any atom is -0.383 e. The van der Waals surface area contributed by atoms with Gasteiger partial charge >= 0.3 is 0 Å². The van der Waals surface area contributed by atoms with E-state index in [-0.39, 0.29) is 17.5 Å². The van der Waals surface area contributed by atoms with Crippen molar-refractivity contribution in [1.29, 1.82) is 0 Å². The molecular weight excluding hydrogens is 276 g/mol. The Kier molecular flexibility index (Phi) is 4.17. The van der Waals surface area contributed by atoms with Crippen molar-refractivity contribution >= 4 is 21.5 Å². The zero-order valence-corrected chi connectivity index (χ0v) is 13.1. The van der Waals surface area contributed by atoms with Gasteiger partial charge in [0.25, 0.3) is 0 Å². The Morgan fingerprint density at radius 1 is 1.40 bits per heavy atom. The quantitative estimate of drug-likeness (QED) is 0.890. The van der Waals surface area contributed by atoms with Crippen molar-refractivity contribution in [3.8, 4) is 0 Å². The highest BCUT2D eigenvalue weighted by molar-refractivity contribution is 7.91. The van der Waals surface area contributed by atoms with Gasteiger partial charge in [-0.3, -0.25) is 0 Å². The van der Waals surface area contributed by atoms with Crippen LogP contribution in [0.3, 0.4) is 0 Å². The Labute approximate surface area is 120 Å². The summed E-state index contributed by atoms with van der Waals surface area (Å²) in [7, 11) is -1.02. The van der Waals surface area contributed by atoms with Crippen LogP contribution in [-0.2, 0) is 16.3 Å². The molecule has 1 saturated heterocycles. The molecule has 1 atom stereocenters. The average Bonchev–Trinajstić information content (AvgIpc) is 2.73. The van der Waals surface area contributed by atoms with E-state index in [1.165, 1.54) is 0 Å². The van der Waals surface area contributed by atoms with E-state index in [0.29, 0.717) is 12.2 Å². The monoisotopic (exact) mass is 298 g/mol. The lowest BCUT2D eigenvalue weighted by molar-refractivity contribution is 0.600. The van der Waals surface area contributed by atoms with Gasteiger partial charge in [0.15, 0.2) is 9.84 Å². The highest BCUT2D eigenvalue weighted by Gasteiger charge is 2.32. The van der Waals surface area contributed by atoms with Crippen molar-refractivity contribution in [3.05, 3.63) is 11.4 Å². The van der Waals surface area contributed by atoms with Gasteiger partial charge in [-0.1, -0.05) is 6.92 Å². The molecule has 0 bridgehead atoms. The lowest BCUT2D eigenvalue weighted by Crippen LogP contribution is -2.34. The smallest absolute Gasteiger partial charge is 0.152 e. The Morgan fingerprint density at radius 3 is 2.65 bits per heavy atom. The molecule has 0 radical (unpaired) electrons. The van der Waals surface area contributed by atoms with Gasteiger partial charge in [-0.25, -0.2) is 18.4 Å². The van der Waals surface area contributed by atoms with Crippen molar-refractivity contribution in [2.24, 2.45) is 0 Å². The van der Waals surface area contributed by atoms with Gasteiger partial charge in [0.05, 0.1) is 11.5 Å². The topological polar surface area (TPSA) is 89.2 Å². The molecule has 1 aliphatic heterocycles. The number of anilines is 2. The van der Waals surface area contributed by atoms with Crippen molar-refractivity contribution in [1.82, 2.24) is 9.97 Å². The van der Waals surface area contributed by atoms with Crippen LogP contribution in [0.5, 0.6) is 0 Å². The molecule has 2 N–H and O–H groups in total. The summed E-state index contributed by atoms with van der Waals surface area (Å²) in [5.41, 5.74) is 6.76. The fourth-order valence-corrected chi connectivity index (χ4v) is 4.28. The summed E-state index contributed by atoms with van der Waals surface area (Å²) in [6.07, 6.45) is 2.36. The molecule has 6 nitrogen and oxygen atoms in total. The first-order chi connectivity index (χ1) is 9.34. The van der Waals surface area contributed by atoms with Crippen molar-refractivity contribution in [2.45, 2.75) is 39.2 Å². The highest BCUT2D eigenvalue weighted by Crippen LogP contribution is 2.26. The summed E-state index contributed by atoms with van der Waals surface area (Å²) >= 11 is 0. The first-order valence-corrected chi connectivity index (χ1v) is 8.72. The molecule has 112 valence electrons. The number of nitrogen functional groups attached to an aromatic ring is 1. The standard InChI is InChI=1S/C13H22N4O2S/c1-4-5-11-15-12(14)9(2)13(16-11)17(3)10-6-7-20(18,19)8-10/h10H,4-8H2,1-3H3,(H2,14,15,16). The van der Waals surface area contributed by atoms with Crippen LogP contribution in [0.2, 0.25) is 0 Å². The first kappa shape index (κ1) is 15.0. The van der Waals surface area contributed by atoms with E-state index >= 15 is 0 Å². The molecule has 1 aromatic rings. The van der Waals surface area contributed by atoms with Crippen LogP contribution >= 0.6 is 0 Å². The van der Waals surface area contributed by atoms with Gasteiger partial charge in [0, 0.05) is 25.1 Å². The van der Waals surface area contributed by atoms with E-state index in [2.05, 4.69) is 16.9 Å². The second kappa shape index (κ2) is 5.55. The fourth-order valence-electron chi connectivity index (χ4n) is 2.50. The summed E-state index contributed by atoms with van der Waals surface area (Å²) in [5, 5.41) is 0. The first-order valence-electron chi connectivity index (χ1n) is 6.90. The number of nitrogens with two attached hydrogens (primary N) is 1. The summed E-state index contributed by atoms with van der Waals surface area (Å²) < 4.78 is 23.2. The molecule has 7 heteroatoms. The van der Waals surface area contributed by atoms with E-state index in [4.69, 9.17) is 5.73 Å². The van der Waals surface area contributed by atoms with Crippen molar-refractivity contribution in [3.63, 3.8) is 0 Å². The van der Waals surface area contributed by atoms with Crippen LogP contribution in [0.25, 0.3) is 0 Å². The summed E-state index contributed by atoms with van der Waals surface area (Å²) in [4.78, 5) is 10.8. The van der Waals surface area contributed by atoms with Gasteiger partial charge in [0.2, 0.25) is 0 Å². The van der Waals surface area contributed by atoms with E-state index < -0.39 is 9.84 Å². The number of nitrogens with zero attached hydrogens (tertiary/aromatic N) is 3. The summed E-state index contributed by atoms with van der Waals surface area (Å²) in [5.74, 6) is 2.40. The zero-order chi connectivity index (χ0) is 14.9. The van der Waals surface area contributed by atoms with Gasteiger partial charge in [-0.15, -0.1) is 0 Å². The number of sulfone groups is 1. The molecule has 2 rings (SSSR count). The minimum absolute atomic E-state index is 0.0255. The predicted molar refractivity (Wildman–Crippen MR) is 80.6 cm³/mol. The van der Waals surface area contributed by atoms with Crippen LogP contribution in [0, 0.1) is 6.92 Å². The second-order valence-electron chi connectivity index (χ2n) is 5.39. The maximum absolute atomic E-state index is 11.6. The Hall–Kier alpha value is -1.37. The average molecular weight is 298 g/mol. The Bertz CT molecular complexity index is 601. The third-order valence-electron chi connectivity index (χ3n) is 3.77. The minimum atomic E-state index is -2.91. The lowest BCUT2D eigenvalue weighted by atomic mass is 10.2. The van der Waals surface area contributed by atoms with E-state index in [1.807, 2.05) is 18.9 Å². The number of aromatic nitrogens is 2. The molecule has 1 fully saturated rings. The van der Waals surface area contributed by atoms with Gasteiger partial charge in [-0.2, -0.15) is 0 Å². The SMILES string of the molecule is CCCc1nc(N)c(C)c(N(C)C2CCS(=O)(=O)C2)n1. The number of rotatable bonds is 4. The van der Waals surface area contributed by atoms with Gasteiger partial charge < -0.3 is 10.6 Å². The largest absolute Gasteiger partial charge is 0.383 e. The lowest BCUT2D eigenvalue weighted by Gasteiger charge is -2.26. The van der Waals surface area contributed by atoms with E-state index in [1.54, 1.807) is 0 Å². The molecule has 2 heterocycles. The van der Waals surface area contributed by atoms with Gasteiger partial charge in [0.1, 0.15) is 17.5 Å². The second-order valence-corrected chi connectivity index (χ2v) is 7.62. The molecule has 20 heavy (non-hydrogen) atoms. The molecule has 0 amide bonds. The van der Waals surface area contributed by atoms with Crippen LogP contribution in [-0.4, -0.2) is 43.0 Å². The van der Waals surface area contributed by atoms with Crippen LogP contribution in [0.1, 0.15) is 31.2 Å². The number of hydrogen-bond acceptors (Lipinski definition) is 6. The van der Waals surface area contributed by atoms with Gasteiger partial charge in [-0.05, 0) is 19.8 Å². The fraction of sp³-hybridized carbons (Fsp3) is 0.692. The third kappa shape index (κ3) is 3.03. The normalized spacial score (nSPS) is 21.1. The van der Waals surface area contributed by atoms with Crippen LogP contribution in [0.4, 0.5) is 11.6 Å². The molecule has 0 spiro atoms. The molecule has 1 unspecified atom stereocenters. The van der Waals surface area contributed by atoms with E-state index in [0.717, 1.165) is 30.0 Å². The maximum Gasteiger partial charge on any atom is 0.152 e. The molecule has 1 aromatic heterocycles.